The van der Waals surface area contributed by atoms with Crippen LogP contribution in [0.5, 0.6) is 5.75 Å². The maximum absolute atomic E-state index is 5.99. The summed E-state index contributed by atoms with van der Waals surface area (Å²) in [4.78, 5) is 7.33. The molecule has 170 valence electrons. The van der Waals surface area contributed by atoms with Gasteiger partial charge < -0.3 is 24.3 Å². The fourth-order valence-corrected chi connectivity index (χ4v) is 4.21. The molecule has 1 aromatic carbocycles. The predicted molar refractivity (Wildman–Crippen MR) is 131 cm³/mol. The summed E-state index contributed by atoms with van der Waals surface area (Å²) in [7, 11) is 3.67. The van der Waals surface area contributed by atoms with Gasteiger partial charge in [-0.25, -0.2) is 4.99 Å². The number of likely N-dealkylation sites (tertiary alicyclic amines) is 1. The molecule has 0 spiro atoms. The van der Waals surface area contributed by atoms with Crippen molar-refractivity contribution in [2.24, 2.45) is 18.0 Å². The van der Waals surface area contributed by atoms with E-state index in [-0.39, 0.29) is 24.0 Å². The molecule has 3 heterocycles. The number of rotatable bonds is 5. The number of ether oxygens (including phenoxy) is 2. The number of aliphatic imine (C=N–C) groups is 1. The fourth-order valence-electron chi connectivity index (χ4n) is 4.21. The number of benzene rings is 1. The third-order valence-corrected chi connectivity index (χ3v) is 6.17. The van der Waals surface area contributed by atoms with Crippen LogP contribution in [0.3, 0.4) is 0 Å². The largest absolute Gasteiger partial charge is 0.497 e. The van der Waals surface area contributed by atoms with E-state index in [2.05, 4.69) is 32.5 Å². The van der Waals surface area contributed by atoms with Crippen LogP contribution in [0.25, 0.3) is 0 Å². The van der Waals surface area contributed by atoms with Gasteiger partial charge in [0.15, 0.2) is 11.8 Å². The highest BCUT2D eigenvalue weighted by molar-refractivity contribution is 14.0. The summed E-state index contributed by atoms with van der Waals surface area (Å²) < 4.78 is 13.3. The van der Waals surface area contributed by atoms with Crippen LogP contribution in [0.15, 0.2) is 29.3 Å². The van der Waals surface area contributed by atoms with Gasteiger partial charge in [-0.2, -0.15) is 0 Å². The SMILES string of the molecule is COc1ccc(CN=C(NCc2nnc(C)n2C)N2CCC3OCCCC3C2)cc1.I. The van der Waals surface area contributed by atoms with E-state index in [0.29, 0.717) is 25.1 Å². The summed E-state index contributed by atoms with van der Waals surface area (Å²) in [6, 6.07) is 8.08. The standard InChI is InChI=1S/C22H32N6O2.HI/c1-16-25-26-21(27(16)2)14-24-22(23-13-17-6-8-19(29-3)9-7-17)28-11-10-20-18(15-28)5-4-12-30-20;/h6-9,18,20H,4-5,10-15H2,1-3H3,(H,23,24);1H. The lowest BCUT2D eigenvalue weighted by Crippen LogP contribution is -2.52. The first-order chi connectivity index (χ1) is 14.6. The molecule has 2 aliphatic rings. The zero-order valence-electron chi connectivity index (χ0n) is 18.6. The van der Waals surface area contributed by atoms with Crippen LogP contribution in [-0.2, 0) is 24.9 Å². The number of piperidine rings is 1. The number of nitrogens with zero attached hydrogens (tertiary/aromatic N) is 5. The van der Waals surface area contributed by atoms with E-state index in [9.17, 15) is 0 Å². The van der Waals surface area contributed by atoms with Crippen molar-refractivity contribution < 1.29 is 9.47 Å². The molecule has 2 saturated heterocycles. The minimum Gasteiger partial charge on any atom is -0.497 e. The molecular formula is C22H33IN6O2. The molecule has 1 aromatic heterocycles. The number of nitrogens with one attached hydrogen (secondary N) is 1. The van der Waals surface area contributed by atoms with Gasteiger partial charge in [0.1, 0.15) is 11.6 Å². The number of aryl methyl sites for hydroxylation is 1. The van der Waals surface area contributed by atoms with E-state index in [1.54, 1.807) is 7.11 Å². The molecule has 2 aliphatic heterocycles. The van der Waals surface area contributed by atoms with E-state index < -0.39 is 0 Å². The van der Waals surface area contributed by atoms with Gasteiger partial charge in [-0.1, -0.05) is 12.1 Å². The highest BCUT2D eigenvalue weighted by Crippen LogP contribution is 2.28. The zero-order valence-corrected chi connectivity index (χ0v) is 20.9. The van der Waals surface area contributed by atoms with E-state index in [0.717, 1.165) is 61.5 Å². The van der Waals surface area contributed by atoms with Crippen LogP contribution >= 0.6 is 24.0 Å². The van der Waals surface area contributed by atoms with Gasteiger partial charge in [-0.05, 0) is 43.9 Å². The second-order valence-corrected chi connectivity index (χ2v) is 8.11. The number of aromatic nitrogens is 3. The molecule has 2 fully saturated rings. The Morgan fingerprint density at radius 1 is 1.26 bits per heavy atom. The molecule has 0 amide bonds. The van der Waals surface area contributed by atoms with E-state index in [1.165, 1.54) is 6.42 Å². The fraction of sp³-hybridized carbons (Fsp3) is 0.591. The second kappa shape index (κ2) is 11.1. The van der Waals surface area contributed by atoms with E-state index >= 15 is 0 Å². The zero-order chi connectivity index (χ0) is 20.9. The Morgan fingerprint density at radius 2 is 2.06 bits per heavy atom. The van der Waals surface area contributed by atoms with Crippen LogP contribution in [0.2, 0.25) is 0 Å². The first-order valence-electron chi connectivity index (χ1n) is 10.8. The lowest BCUT2D eigenvalue weighted by atomic mass is 9.88. The molecule has 9 heteroatoms. The summed E-state index contributed by atoms with van der Waals surface area (Å²) in [5.74, 6) is 4.18. The van der Waals surface area contributed by atoms with Crippen molar-refractivity contribution in [1.29, 1.82) is 0 Å². The first-order valence-corrected chi connectivity index (χ1v) is 10.8. The van der Waals surface area contributed by atoms with Gasteiger partial charge >= 0.3 is 0 Å². The highest BCUT2D eigenvalue weighted by Gasteiger charge is 2.33. The van der Waals surface area contributed by atoms with Crippen molar-refractivity contribution in [2.75, 3.05) is 26.8 Å². The van der Waals surface area contributed by atoms with Gasteiger partial charge in [0.05, 0.1) is 26.3 Å². The summed E-state index contributed by atoms with van der Waals surface area (Å²) in [5.41, 5.74) is 1.15. The van der Waals surface area contributed by atoms with Crippen LogP contribution in [0, 0.1) is 12.8 Å². The molecule has 2 unspecified atom stereocenters. The van der Waals surface area contributed by atoms with E-state index in [4.69, 9.17) is 14.5 Å². The van der Waals surface area contributed by atoms with Gasteiger partial charge in [0.25, 0.3) is 0 Å². The Hall–Kier alpha value is -1.88. The number of guanidine groups is 1. The van der Waals surface area contributed by atoms with Crippen molar-refractivity contribution in [3.8, 4) is 5.75 Å². The number of fused-ring (bicyclic) bond motifs is 1. The lowest BCUT2D eigenvalue weighted by Gasteiger charge is -2.42. The minimum atomic E-state index is 0. The molecule has 31 heavy (non-hydrogen) atoms. The van der Waals surface area contributed by atoms with Crippen molar-refractivity contribution in [1.82, 2.24) is 25.0 Å². The van der Waals surface area contributed by atoms with Crippen molar-refractivity contribution in [3.05, 3.63) is 41.5 Å². The molecule has 1 N–H and O–H groups in total. The normalized spacial score (nSPS) is 21.3. The molecule has 4 rings (SSSR count). The molecule has 2 atom stereocenters. The Labute approximate surface area is 201 Å². The van der Waals surface area contributed by atoms with Gasteiger partial charge in [0, 0.05) is 32.7 Å². The smallest absolute Gasteiger partial charge is 0.194 e. The average Bonchev–Trinajstić information content (AvgIpc) is 3.11. The van der Waals surface area contributed by atoms with Crippen molar-refractivity contribution in [2.45, 2.75) is 45.4 Å². The Kier molecular flexibility index (Phi) is 8.53. The van der Waals surface area contributed by atoms with Gasteiger partial charge in [-0.3, -0.25) is 0 Å². The summed E-state index contributed by atoms with van der Waals surface area (Å²) >= 11 is 0. The lowest BCUT2D eigenvalue weighted by molar-refractivity contribution is -0.0559. The Balaban J connectivity index is 0.00000272. The quantitative estimate of drug-likeness (QED) is 0.357. The number of halogens is 1. The van der Waals surface area contributed by atoms with Crippen LogP contribution in [0.4, 0.5) is 0 Å². The average molecular weight is 540 g/mol. The Bertz CT molecular complexity index is 869. The van der Waals surface area contributed by atoms with Crippen LogP contribution in [-0.4, -0.2) is 58.5 Å². The third kappa shape index (κ3) is 5.88. The van der Waals surface area contributed by atoms with E-state index in [1.807, 2.05) is 30.7 Å². The molecule has 0 bridgehead atoms. The molecule has 0 aliphatic carbocycles. The maximum Gasteiger partial charge on any atom is 0.194 e. The molecule has 0 radical (unpaired) electrons. The van der Waals surface area contributed by atoms with Crippen molar-refractivity contribution in [3.63, 3.8) is 0 Å². The maximum atomic E-state index is 5.99. The molecule has 0 saturated carbocycles. The third-order valence-electron chi connectivity index (χ3n) is 6.17. The van der Waals surface area contributed by atoms with Crippen LogP contribution < -0.4 is 10.1 Å². The highest BCUT2D eigenvalue weighted by atomic mass is 127. The molecular weight excluding hydrogens is 507 g/mol. The molecule has 8 nitrogen and oxygen atoms in total. The van der Waals surface area contributed by atoms with Crippen LogP contribution in [0.1, 0.15) is 36.5 Å². The predicted octanol–water partition coefficient (Wildman–Crippen LogP) is 2.90. The topological polar surface area (TPSA) is 76.8 Å². The number of methoxy groups -OCH3 is 1. The Morgan fingerprint density at radius 3 is 2.77 bits per heavy atom. The van der Waals surface area contributed by atoms with Gasteiger partial charge in [-0.15, -0.1) is 34.2 Å². The number of hydrogen-bond acceptors (Lipinski definition) is 5. The minimum absolute atomic E-state index is 0. The number of hydrogen-bond donors (Lipinski definition) is 1. The summed E-state index contributed by atoms with van der Waals surface area (Å²) in [6.45, 7) is 6.02. The summed E-state index contributed by atoms with van der Waals surface area (Å²) in [6.07, 6.45) is 3.84. The summed E-state index contributed by atoms with van der Waals surface area (Å²) in [5, 5.41) is 12.0. The van der Waals surface area contributed by atoms with Gasteiger partial charge in [0.2, 0.25) is 0 Å². The van der Waals surface area contributed by atoms with Crippen molar-refractivity contribution >= 4 is 29.9 Å². The monoisotopic (exact) mass is 540 g/mol. The molecule has 2 aromatic rings. The second-order valence-electron chi connectivity index (χ2n) is 8.11. The first kappa shape index (κ1) is 23.8.